The summed E-state index contributed by atoms with van der Waals surface area (Å²) >= 11 is 0. The molecule has 0 atom stereocenters. The van der Waals surface area contributed by atoms with Crippen molar-refractivity contribution in [3.63, 3.8) is 0 Å². The van der Waals surface area contributed by atoms with Crippen molar-refractivity contribution in [2.24, 2.45) is 0 Å². The van der Waals surface area contributed by atoms with Gasteiger partial charge in [0.05, 0.1) is 0 Å². The summed E-state index contributed by atoms with van der Waals surface area (Å²) in [5, 5.41) is 0. The second kappa shape index (κ2) is 19.2. The zero-order valence-corrected chi connectivity index (χ0v) is 35.8. The predicted octanol–water partition coefficient (Wildman–Crippen LogP) is 16.8. The summed E-state index contributed by atoms with van der Waals surface area (Å²) in [6, 6.07) is 82.7. The lowest BCUT2D eigenvalue weighted by Gasteiger charge is -2.15. The first kappa shape index (κ1) is 41.1. The van der Waals surface area contributed by atoms with E-state index in [1.54, 1.807) is 0 Å². The molecule has 0 bridgehead atoms. The summed E-state index contributed by atoms with van der Waals surface area (Å²) < 4.78 is 25.1. The molecule has 0 spiro atoms. The third-order valence-electron chi connectivity index (χ3n) is 11.0. The first-order valence-electron chi connectivity index (χ1n) is 21.7. The number of benzene rings is 10. The van der Waals surface area contributed by atoms with E-state index in [9.17, 15) is 0 Å². The van der Waals surface area contributed by atoms with Crippen LogP contribution in [0.4, 0.5) is 0 Å². The van der Waals surface area contributed by atoms with Crippen LogP contribution in [0.1, 0.15) is 15.9 Å². The summed E-state index contributed by atoms with van der Waals surface area (Å²) in [5.41, 5.74) is 8.08. The van der Waals surface area contributed by atoms with E-state index in [4.69, 9.17) is 18.9 Å². The highest BCUT2D eigenvalue weighted by atomic mass is 16.5. The van der Waals surface area contributed by atoms with Crippen LogP contribution >= 0.6 is 0 Å². The van der Waals surface area contributed by atoms with Gasteiger partial charge in [0, 0.05) is 11.1 Å². The minimum Gasteiger partial charge on any atom is -0.457 e. The quantitative estimate of drug-likeness (QED) is 0.102. The number of rotatable bonds is 14. The Hall–Kier alpha value is -8.93. The maximum atomic E-state index is 15.3. The molecule has 0 aliphatic heterocycles. The average molecular weight is 855 g/mol. The molecule has 5 heteroatoms. The molecule has 0 N–H and O–H groups in total. The Bertz CT molecular complexity index is 2830. The van der Waals surface area contributed by atoms with Gasteiger partial charge in [-0.3, -0.25) is 4.79 Å². The topological polar surface area (TPSA) is 54.0 Å². The van der Waals surface area contributed by atoms with Crippen LogP contribution in [0.15, 0.2) is 255 Å². The first-order valence-corrected chi connectivity index (χ1v) is 21.7. The molecule has 0 saturated carbocycles. The maximum absolute atomic E-state index is 15.3. The number of hydrogen-bond acceptors (Lipinski definition) is 5. The summed E-state index contributed by atoms with van der Waals surface area (Å²) in [6.45, 7) is 0. The second-order valence-electron chi connectivity index (χ2n) is 15.7. The Morgan fingerprint density at radius 3 is 0.682 bits per heavy atom. The van der Waals surface area contributed by atoms with Gasteiger partial charge in [0.1, 0.15) is 46.0 Å². The molecule has 0 fully saturated rings. The summed E-state index contributed by atoms with van der Waals surface area (Å²) in [4.78, 5) is 15.3. The van der Waals surface area contributed by atoms with Crippen LogP contribution in [-0.2, 0) is 0 Å². The van der Waals surface area contributed by atoms with Crippen LogP contribution in [0.5, 0.6) is 46.0 Å². The van der Waals surface area contributed by atoms with Crippen LogP contribution in [0, 0.1) is 0 Å². The van der Waals surface area contributed by atoms with Gasteiger partial charge < -0.3 is 18.9 Å². The molecule has 0 unspecified atom stereocenters. The Morgan fingerprint density at radius 1 is 0.212 bits per heavy atom. The standard InChI is InChI=1S/C61H42O5/c62-61(51-35-47(43-17-13-29-57(39-43)63-53-21-5-1-6-22-53)33-48(36-51)44-18-14-30-58(40-44)64-54-23-7-2-8-24-54)52-37-49(45-19-15-31-59(41-45)65-55-25-9-3-10-26-55)34-50(38-52)46-20-16-32-60(42-46)66-56-27-11-4-12-28-56/h1-42H. The van der Waals surface area contributed by atoms with Crippen molar-refractivity contribution in [3.05, 3.63) is 266 Å². The third kappa shape index (κ3) is 9.97. The van der Waals surface area contributed by atoms with E-state index >= 15 is 4.79 Å². The van der Waals surface area contributed by atoms with Crippen LogP contribution in [0.2, 0.25) is 0 Å². The Morgan fingerprint density at radius 2 is 0.439 bits per heavy atom. The average Bonchev–Trinajstić information content (AvgIpc) is 3.37. The lowest BCUT2D eigenvalue weighted by Crippen LogP contribution is -2.03. The lowest BCUT2D eigenvalue weighted by atomic mass is 9.90. The largest absolute Gasteiger partial charge is 0.457 e. The maximum Gasteiger partial charge on any atom is 0.193 e. The van der Waals surface area contributed by atoms with Crippen molar-refractivity contribution in [3.8, 4) is 90.5 Å². The molecule has 10 aromatic rings. The third-order valence-corrected chi connectivity index (χ3v) is 11.0. The van der Waals surface area contributed by atoms with Gasteiger partial charge in [-0.1, -0.05) is 121 Å². The van der Waals surface area contributed by atoms with E-state index in [0.29, 0.717) is 34.1 Å². The number of ether oxygens (including phenoxy) is 4. The second-order valence-corrected chi connectivity index (χ2v) is 15.7. The SMILES string of the molecule is O=C(c1cc(-c2cccc(Oc3ccccc3)c2)cc(-c2cccc(Oc3ccccc3)c2)c1)c1cc(-c2cccc(Oc3ccccc3)c2)cc(-c2cccc(Oc3ccccc3)c2)c1. The van der Waals surface area contributed by atoms with Crippen molar-refractivity contribution >= 4 is 5.78 Å². The van der Waals surface area contributed by atoms with Gasteiger partial charge >= 0.3 is 0 Å². The number of ketones is 1. The van der Waals surface area contributed by atoms with Gasteiger partial charge in [0.15, 0.2) is 5.78 Å². The molecular weight excluding hydrogens is 813 g/mol. The minimum absolute atomic E-state index is 0.136. The highest BCUT2D eigenvalue weighted by molar-refractivity contribution is 6.11. The molecule has 0 amide bonds. The normalized spacial score (nSPS) is 10.8. The van der Waals surface area contributed by atoms with Gasteiger partial charge in [-0.15, -0.1) is 0 Å². The lowest BCUT2D eigenvalue weighted by molar-refractivity contribution is 0.103. The fraction of sp³-hybridized carbons (Fsp3) is 0. The van der Waals surface area contributed by atoms with E-state index in [0.717, 1.165) is 67.5 Å². The fourth-order valence-electron chi connectivity index (χ4n) is 7.81. The summed E-state index contributed by atoms with van der Waals surface area (Å²) in [5.74, 6) is 5.55. The van der Waals surface area contributed by atoms with Crippen molar-refractivity contribution < 1.29 is 23.7 Å². The van der Waals surface area contributed by atoms with Gasteiger partial charge in [0.2, 0.25) is 0 Å². The van der Waals surface area contributed by atoms with Gasteiger partial charge in [-0.05, 0) is 178 Å². The van der Waals surface area contributed by atoms with E-state index < -0.39 is 0 Å². The van der Waals surface area contributed by atoms with E-state index in [-0.39, 0.29) is 5.78 Å². The number of carbonyl (C=O) groups is 1. The van der Waals surface area contributed by atoms with E-state index in [1.807, 2.05) is 243 Å². The van der Waals surface area contributed by atoms with Gasteiger partial charge in [0.25, 0.3) is 0 Å². The molecule has 0 heterocycles. The van der Waals surface area contributed by atoms with Crippen molar-refractivity contribution in [2.45, 2.75) is 0 Å². The molecule has 316 valence electrons. The van der Waals surface area contributed by atoms with E-state index in [2.05, 4.69) is 12.1 Å². The number of carbonyl (C=O) groups excluding carboxylic acids is 1. The van der Waals surface area contributed by atoms with Gasteiger partial charge in [-0.2, -0.15) is 0 Å². The highest BCUT2D eigenvalue weighted by Gasteiger charge is 2.18. The fourth-order valence-corrected chi connectivity index (χ4v) is 7.81. The molecule has 0 aliphatic carbocycles. The molecule has 0 aliphatic rings. The minimum atomic E-state index is -0.136. The Labute approximate surface area is 384 Å². The van der Waals surface area contributed by atoms with Crippen LogP contribution in [-0.4, -0.2) is 5.78 Å². The van der Waals surface area contributed by atoms with Gasteiger partial charge in [-0.25, -0.2) is 0 Å². The molecule has 0 radical (unpaired) electrons. The van der Waals surface area contributed by atoms with Crippen molar-refractivity contribution in [1.82, 2.24) is 0 Å². The number of para-hydroxylation sites is 4. The molecule has 66 heavy (non-hydrogen) atoms. The van der Waals surface area contributed by atoms with Crippen molar-refractivity contribution in [1.29, 1.82) is 0 Å². The van der Waals surface area contributed by atoms with Crippen LogP contribution < -0.4 is 18.9 Å². The van der Waals surface area contributed by atoms with Crippen LogP contribution in [0.25, 0.3) is 44.5 Å². The molecule has 10 aromatic carbocycles. The zero-order valence-electron chi connectivity index (χ0n) is 35.8. The molecule has 5 nitrogen and oxygen atoms in total. The van der Waals surface area contributed by atoms with Crippen LogP contribution in [0.3, 0.4) is 0 Å². The van der Waals surface area contributed by atoms with E-state index in [1.165, 1.54) is 0 Å². The number of hydrogen-bond donors (Lipinski definition) is 0. The monoisotopic (exact) mass is 854 g/mol. The molecule has 0 aromatic heterocycles. The Kier molecular flexibility index (Phi) is 12.0. The molecule has 10 rings (SSSR count). The molecule has 0 saturated heterocycles. The predicted molar refractivity (Wildman–Crippen MR) is 264 cm³/mol. The zero-order chi connectivity index (χ0) is 44.5. The summed E-state index contributed by atoms with van der Waals surface area (Å²) in [7, 11) is 0. The van der Waals surface area contributed by atoms with Crippen molar-refractivity contribution in [2.75, 3.05) is 0 Å². The smallest absolute Gasteiger partial charge is 0.193 e. The molecular formula is C61H42O5. The first-order chi connectivity index (χ1) is 32.5. The Balaban J connectivity index is 1.08. The highest BCUT2D eigenvalue weighted by Crippen LogP contribution is 2.37. The summed E-state index contributed by atoms with van der Waals surface area (Å²) in [6.07, 6.45) is 0.